The molecular formula is C10H4Cl3FN2. The van der Waals surface area contributed by atoms with Crippen molar-refractivity contribution in [3.63, 3.8) is 0 Å². The van der Waals surface area contributed by atoms with Crippen molar-refractivity contribution in [1.82, 2.24) is 9.97 Å². The van der Waals surface area contributed by atoms with Crippen LogP contribution in [-0.2, 0) is 0 Å². The molecule has 0 fully saturated rings. The molecule has 0 aliphatic rings. The third-order valence-corrected chi connectivity index (χ3v) is 2.80. The molecule has 1 aromatic carbocycles. The smallest absolute Gasteiger partial charge is 0.216 e. The molecular weight excluding hydrogens is 273 g/mol. The summed E-state index contributed by atoms with van der Waals surface area (Å²) in [5.74, 6) is -0.342. The molecule has 2 nitrogen and oxygen atoms in total. The molecule has 0 N–H and O–H groups in total. The summed E-state index contributed by atoms with van der Waals surface area (Å²) >= 11 is 17.4. The van der Waals surface area contributed by atoms with E-state index in [1.54, 1.807) is 0 Å². The van der Waals surface area contributed by atoms with Crippen LogP contribution in [0.1, 0.15) is 0 Å². The first-order valence-corrected chi connectivity index (χ1v) is 5.36. The van der Waals surface area contributed by atoms with E-state index in [2.05, 4.69) is 9.97 Å². The number of hydrogen-bond donors (Lipinski definition) is 0. The maximum Gasteiger partial charge on any atom is 0.224 e. The Morgan fingerprint density at radius 1 is 0.938 bits per heavy atom. The zero-order valence-electron chi connectivity index (χ0n) is 7.72. The van der Waals surface area contributed by atoms with Crippen molar-refractivity contribution in [3.8, 4) is 11.3 Å². The summed E-state index contributed by atoms with van der Waals surface area (Å²) in [6.45, 7) is 0. The van der Waals surface area contributed by atoms with E-state index in [9.17, 15) is 4.39 Å². The first-order chi connectivity index (χ1) is 7.58. The third kappa shape index (κ3) is 2.26. The van der Waals surface area contributed by atoms with Crippen molar-refractivity contribution in [2.75, 3.05) is 0 Å². The minimum Gasteiger partial charge on any atom is -0.216 e. The van der Waals surface area contributed by atoms with E-state index in [1.165, 1.54) is 24.3 Å². The second-order valence-corrected chi connectivity index (χ2v) is 4.03. The van der Waals surface area contributed by atoms with Gasteiger partial charge in [-0.15, -0.1) is 0 Å². The van der Waals surface area contributed by atoms with E-state index in [4.69, 9.17) is 34.8 Å². The highest BCUT2D eigenvalue weighted by molar-refractivity contribution is 6.43. The average molecular weight is 278 g/mol. The van der Waals surface area contributed by atoms with Crippen LogP contribution in [0.4, 0.5) is 4.39 Å². The van der Waals surface area contributed by atoms with Crippen LogP contribution in [-0.4, -0.2) is 9.97 Å². The van der Waals surface area contributed by atoms with Gasteiger partial charge >= 0.3 is 0 Å². The molecule has 0 radical (unpaired) electrons. The van der Waals surface area contributed by atoms with Gasteiger partial charge in [0.15, 0.2) is 5.15 Å². The van der Waals surface area contributed by atoms with Gasteiger partial charge in [-0.1, -0.05) is 23.2 Å². The van der Waals surface area contributed by atoms with Gasteiger partial charge in [-0.05, 0) is 35.9 Å². The molecule has 0 saturated carbocycles. The maximum absolute atomic E-state index is 12.7. The molecule has 0 saturated heterocycles. The monoisotopic (exact) mass is 276 g/mol. The Kier molecular flexibility index (Phi) is 3.28. The lowest BCUT2D eigenvalue weighted by atomic mass is 10.1. The topological polar surface area (TPSA) is 25.8 Å². The van der Waals surface area contributed by atoms with Crippen LogP contribution in [0.3, 0.4) is 0 Å². The van der Waals surface area contributed by atoms with Gasteiger partial charge in [0.2, 0.25) is 5.28 Å². The second-order valence-electron chi connectivity index (χ2n) is 2.95. The summed E-state index contributed by atoms with van der Waals surface area (Å²) < 4.78 is 12.7. The van der Waals surface area contributed by atoms with Crippen LogP contribution in [0.25, 0.3) is 11.3 Å². The summed E-state index contributed by atoms with van der Waals surface area (Å²) in [7, 11) is 0. The summed E-state index contributed by atoms with van der Waals surface area (Å²) in [6, 6.07) is 5.68. The van der Waals surface area contributed by atoms with Crippen molar-refractivity contribution in [2.24, 2.45) is 0 Å². The maximum atomic E-state index is 12.7. The van der Waals surface area contributed by atoms with Crippen LogP contribution in [0, 0.1) is 5.82 Å². The average Bonchev–Trinajstić information content (AvgIpc) is 2.25. The van der Waals surface area contributed by atoms with Crippen LogP contribution < -0.4 is 0 Å². The Morgan fingerprint density at radius 3 is 2.19 bits per heavy atom. The molecule has 0 aliphatic heterocycles. The third-order valence-electron chi connectivity index (χ3n) is 1.90. The highest BCUT2D eigenvalue weighted by Crippen LogP contribution is 2.31. The molecule has 0 spiro atoms. The number of benzene rings is 1. The Labute approximate surface area is 106 Å². The molecule has 2 rings (SSSR count). The standard InChI is InChI=1S/C10H4Cl3FN2/c11-7-8(15-10(13)16-9(7)12)5-1-3-6(14)4-2-5/h1-4H. The van der Waals surface area contributed by atoms with E-state index in [0.29, 0.717) is 11.3 Å². The van der Waals surface area contributed by atoms with Gasteiger partial charge in [-0.25, -0.2) is 14.4 Å². The van der Waals surface area contributed by atoms with Crippen molar-refractivity contribution < 1.29 is 4.39 Å². The quantitative estimate of drug-likeness (QED) is 0.575. The summed E-state index contributed by atoms with van der Waals surface area (Å²) in [5.41, 5.74) is 1.00. The van der Waals surface area contributed by atoms with Crippen molar-refractivity contribution >= 4 is 34.8 Å². The van der Waals surface area contributed by atoms with Gasteiger partial charge in [-0.2, -0.15) is 0 Å². The molecule has 0 amide bonds. The van der Waals surface area contributed by atoms with Gasteiger partial charge in [-0.3, -0.25) is 0 Å². The number of rotatable bonds is 1. The van der Waals surface area contributed by atoms with Gasteiger partial charge in [0.25, 0.3) is 0 Å². The molecule has 0 aliphatic carbocycles. The molecule has 1 heterocycles. The van der Waals surface area contributed by atoms with E-state index < -0.39 is 0 Å². The van der Waals surface area contributed by atoms with Crippen LogP contribution >= 0.6 is 34.8 Å². The molecule has 16 heavy (non-hydrogen) atoms. The molecule has 1 aromatic heterocycles. The first kappa shape index (κ1) is 11.6. The predicted molar refractivity (Wildman–Crippen MR) is 62.5 cm³/mol. The Hall–Kier alpha value is -0.900. The second kappa shape index (κ2) is 4.53. The number of aromatic nitrogens is 2. The van der Waals surface area contributed by atoms with Crippen LogP contribution in [0.5, 0.6) is 0 Å². The lowest BCUT2D eigenvalue weighted by Crippen LogP contribution is -1.91. The fourth-order valence-corrected chi connectivity index (χ4v) is 1.77. The summed E-state index contributed by atoms with van der Waals surface area (Å²) in [4.78, 5) is 7.64. The fourth-order valence-electron chi connectivity index (χ4n) is 1.19. The summed E-state index contributed by atoms with van der Waals surface area (Å²) in [6.07, 6.45) is 0. The van der Waals surface area contributed by atoms with E-state index in [-0.39, 0.29) is 21.3 Å². The Morgan fingerprint density at radius 2 is 1.56 bits per heavy atom. The van der Waals surface area contributed by atoms with Crippen molar-refractivity contribution in [3.05, 3.63) is 45.5 Å². The van der Waals surface area contributed by atoms with Crippen molar-refractivity contribution in [2.45, 2.75) is 0 Å². The fraction of sp³-hybridized carbons (Fsp3) is 0. The van der Waals surface area contributed by atoms with Gasteiger partial charge in [0, 0.05) is 5.56 Å². The molecule has 82 valence electrons. The Bertz CT molecular complexity index is 528. The van der Waals surface area contributed by atoms with E-state index >= 15 is 0 Å². The minimum absolute atomic E-state index is 0.00581. The largest absolute Gasteiger partial charge is 0.224 e. The zero-order chi connectivity index (χ0) is 11.7. The molecule has 0 atom stereocenters. The van der Waals surface area contributed by atoms with E-state index in [1.807, 2.05) is 0 Å². The highest BCUT2D eigenvalue weighted by Gasteiger charge is 2.12. The van der Waals surface area contributed by atoms with Crippen LogP contribution in [0.15, 0.2) is 24.3 Å². The zero-order valence-corrected chi connectivity index (χ0v) is 9.98. The van der Waals surface area contributed by atoms with Gasteiger partial charge in [0.05, 0.1) is 5.69 Å². The lowest BCUT2D eigenvalue weighted by molar-refractivity contribution is 0.628. The number of halogens is 4. The predicted octanol–water partition coefficient (Wildman–Crippen LogP) is 4.24. The molecule has 0 unspecified atom stereocenters. The van der Waals surface area contributed by atoms with Crippen molar-refractivity contribution in [1.29, 1.82) is 0 Å². The first-order valence-electron chi connectivity index (χ1n) is 4.22. The number of hydrogen-bond acceptors (Lipinski definition) is 2. The molecule has 2 aromatic rings. The lowest BCUT2D eigenvalue weighted by Gasteiger charge is -2.04. The van der Waals surface area contributed by atoms with Gasteiger partial charge < -0.3 is 0 Å². The number of nitrogens with zero attached hydrogens (tertiary/aromatic N) is 2. The molecule has 6 heteroatoms. The van der Waals surface area contributed by atoms with Gasteiger partial charge in [0.1, 0.15) is 10.8 Å². The Balaban J connectivity index is 2.59. The highest BCUT2D eigenvalue weighted by atomic mass is 35.5. The molecule has 0 bridgehead atoms. The van der Waals surface area contributed by atoms with E-state index in [0.717, 1.165) is 0 Å². The summed E-state index contributed by atoms with van der Waals surface area (Å²) in [5, 5.41) is 0.257. The SMILES string of the molecule is Fc1ccc(-c2nc(Cl)nc(Cl)c2Cl)cc1. The van der Waals surface area contributed by atoms with Crippen LogP contribution in [0.2, 0.25) is 15.5 Å². The minimum atomic E-state index is -0.342. The normalized spacial score (nSPS) is 10.5.